The van der Waals surface area contributed by atoms with Gasteiger partial charge >= 0.3 is 0 Å². The molecule has 0 bridgehead atoms. The molecule has 0 saturated carbocycles. The van der Waals surface area contributed by atoms with Crippen LogP contribution in [-0.4, -0.2) is 109 Å². The van der Waals surface area contributed by atoms with Gasteiger partial charge in [0.05, 0.1) is 6.61 Å². The quantitative estimate of drug-likeness (QED) is 0.0245. The Balaban J connectivity index is 0.000000305. The fourth-order valence-corrected chi connectivity index (χ4v) is 7.87. The highest BCUT2D eigenvalue weighted by Gasteiger charge is 2.40. The lowest BCUT2D eigenvalue weighted by Crippen LogP contribution is -2.61. The van der Waals surface area contributed by atoms with Crippen molar-refractivity contribution in [2.24, 2.45) is 5.92 Å². The number of hydrogen-bond acceptors (Lipinski definition) is 10. The fraction of sp³-hybridized carbons (Fsp3) is 0.420. The molecule has 6 rings (SSSR count). The average Bonchev–Trinajstić information content (AvgIpc) is 4.05. The molecule has 0 radical (unpaired) electrons. The van der Waals surface area contributed by atoms with Crippen molar-refractivity contribution in [3.05, 3.63) is 125 Å². The van der Waals surface area contributed by atoms with Crippen molar-refractivity contribution in [1.82, 2.24) is 26.3 Å². The third-order valence-corrected chi connectivity index (χ3v) is 11.6. The molecular formula is C50H62N6O9. The number of benzene rings is 3. The Morgan fingerprint density at radius 2 is 1.38 bits per heavy atom. The largest absolute Gasteiger partial charge is 0.378 e. The van der Waals surface area contributed by atoms with Gasteiger partial charge in [0.15, 0.2) is 11.6 Å². The topological polar surface area (TPSA) is 207 Å². The normalized spacial score (nSPS) is 21.6. The number of carbonyl (C=O) groups excluding carboxylic acids is 7. The van der Waals surface area contributed by atoms with Gasteiger partial charge in [-0.1, -0.05) is 98.2 Å². The molecule has 15 heteroatoms. The minimum atomic E-state index is -0.953. The first-order valence-electron chi connectivity index (χ1n) is 22.3. The van der Waals surface area contributed by atoms with Crippen molar-refractivity contribution in [2.45, 2.75) is 102 Å². The molecule has 0 aliphatic carbocycles. The molecule has 3 fully saturated rings. The van der Waals surface area contributed by atoms with Crippen LogP contribution in [0, 0.1) is 5.92 Å². The zero-order valence-corrected chi connectivity index (χ0v) is 37.7. The summed E-state index contributed by atoms with van der Waals surface area (Å²) in [5.41, 5.74) is 5.70. The van der Waals surface area contributed by atoms with Crippen LogP contribution in [0.4, 0.5) is 5.69 Å². The second kappa shape index (κ2) is 24.6. The van der Waals surface area contributed by atoms with Crippen molar-refractivity contribution in [1.29, 1.82) is 0 Å². The summed E-state index contributed by atoms with van der Waals surface area (Å²) >= 11 is 0. The Morgan fingerprint density at radius 3 is 1.98 bits per heavy atom. The van der Waals surface area contributed by atoms with E-state index in [1.807, 2.05) is 111 Å². The van der Waals surface area contributed by atoms with Gasteiger partial charge in [-0.15, -0.1) is 0 Å². The van der Waals surface area contributed by atoms with Crippen LogP contribution in [0.25, 0.3) is 0 Å². The number of nitrogens with one attached hydrogen (secondary N) is 4. The van der Waals surface area contributed by atoms with E-state index in [0.29, 0.717) is 63.7 Å². The van der Waals surface area contributed by atoms with Gasteiger partial charge in [-0.2, -0.15) is 0 Å². The van der Waals surface area contributed by atoms with E-state index in [4.69, 9.17) is 9.94 Å². The molecule has 5 N–H and O–H groups in total. The number of anilines is 1. The maximum absolute atomic E-state index is 13.9. The van der Waals surface area contributed by atoms with Crippen LogP contribution in [-0.2, 0) is 46.3 Å². The molecule has 65 heavy (non-hydrogen) atoms. The third-order valence-electron chi connectivity index (χ3n) is 11.6. The van der Waals surface area contributed by atoms with Crippen LogP contribution in [0.2, 0.25) is 0 Å². The highest BCUT2D eigenvalue weighted by Crippen LogP contribution is 2.22. The number of fused-ring (bicyclic) bond motifs is 1. The predicted molar refractivity (Wildman–Crippen MR) is 246 cm³/mol. The first-order valence-corrected chi connectivity index (χ1v) is 22.3. The third kappa shape index (κ3) is 15.4. The molecule has 0 aromatic heterocycles. The Labute approximate surface area is 381 Å². The number of nitrogens with zero attached hydrogens (tertiary/aromatic N) is 2. The van der Waals surface area contributed by atoms with E-state index < -0.39 is 41.9 Å². The summed E-state index contributed by atoms with van der Waals surface area (Å²) in [6, 6.07) is 22.8. The summed E-state index contributed by atoms with van der Waals surface area (Å²) in [6.45, 7) is 4.51. The molecule has 0 unspecified atom stereocenters. The van der Waals surface area contributed by atoms with Gasteiger partial charge in [0.1, 0.15) is 30.3 Å². The first-order chi connectivity index (χ1) is 31.2. The van der Waals surface area contributed by atoms with Crippen LogP contribution >= 0.6 is 0 Å². The molecule has 3 aromatic carbocycles. The SMILES string of the molecule is CC(/C=C/C(=O)NO)=C\[C@@H](C)C(=O)c1ccc(N(C)C)cc1.O=C1N[C@@H](Cc2ccccc2)C(=O)N2CCC[C@@H]2C(=O)N[C@@H](CCCCCC(=O)[C@H]2CO2)C(=O)N[C@H]1Cc1ccccc1. The van der Waals surface area contributed by atoms with Gasteiger partial charge < -0.3 is 30.5 Å². The van der Waals surface area contributed by atoms with Crippen molar-refractivity contribution in [2.75, 3.05) is 32.1 Å². The molecule has 3 aliphatic heterocycles. The van der Waals surface area contributed by atoms with Gasteiger partial charge in [0, 0.05) is 63.1 Å². The van der Waals surface area contributed by atoms with Crippen molar-refractivity contribution >= 4 is 46.8 Å². The molecule has 6 atom stereocenters. The number of Topliss-reactive ketones (excluding diaryl/α,β-unsaturated/α-hetero) is 2. The Kier molecular flexibility index (Phi) is 18.7. The summed E-state index contributed by atoms with van der Waals surface area (Å²) in [6.07, 6.45) is 8.68. The van der Waals surface area contributed by atoms with E-state index >= 15 is 0 Å². The number of amides is 5. The van der Waals surface area contributed by atoms with Crippen LogP contribution < -0.4 is 26.3 Å². The minimum absolute atomic E-state index is 0.0182. The average molecular weight is 891 g/mol. The van der Waals surface area contributed by atoms with Gasteiger partial charge in [-0.05, 0) is 68.0 Å². The first kappa shape index (κ1) is 49.6. The van der Waals surface area contributed by atoms with Crippen molar-refractivity contribution in [3.63, 3.8) is 0 Å². The highest BCUT2D eigenvalue weighted by molar-refractivity contribution is 5.99. The summed E-state index contributed by atoms with van der Waals surface area (Å²) in [4.78, 5) is 93.6. The lowest BCUT2D eigenvalue weighted by atomic mass is 9.97. The number of allylic oxidation sites excluding steroid dienone is 3. The molecular weight excluding hydrogens is 829 g/mol. The van der Waals surface area contributed by atoms with E-state index in [0.717, 1.165) is 22.4 Å². The van der Waals surface area contributed by atoms with E-state index in [1.54, 1.807) is 24.0 Å². The van der Waals surface area contributed by atoms with Crippen LogP contribution in [0.3, 0.4) is 0 Å². The van der Waals surface area contributed by atoms with Crippen molar-refractivity contribution in [3.8, 4) is 0 Å². The monoisotopic (exact) mass is 890 g/mol. The molecule has 3 saturated heterocycles. The second-order valence-electron chi connectivity index (χ2n) is 17.0. The molecule has 15 nitrogen and oxygen atoms in total. The van der Waals surface area contributed by atoms with Crippen LogP contribution in [0.15, 0.2) is 109 Å². The lowest BCUT2D eigenvalue weighted by Gasteiger charge is -2.32. The lowest BCUT2D eigenvalue weighted by molar-refractivity contribution is -0.143. The minimum Gasteiger partial charge on any atom is -0.378 e. The Morgan fingerprint density at radius 1 is 0.800 bits per heavy atom. The number of carbonyl (C=O) groups is 7. The fourth-order valence-electron chi connectivity index (χ4n) is 7.87. The summed E-state index contributed by atoms with van der Waals surface area (Å²) < 4.78 is 5.04. The number of ether oxygens (including phenoxy) is 1. The Hall–Kier alpha value is -6.45. The highest BCUT2D eigenvalue weighted by atomic mass is 16.6. The number of hydroxylamine groups is 1. The van der Waals surface area contributed by atoms with Gasteiger partial charge in [0.2, 0.25) is 23.6 Å². The number of hydrogen-bond donors (Lipinski definition) is 5. The zero-order valence-electron chi connectivity index (χ0n) is 37.7. The number of rotatable bonds is 17. The van der Waals surface area contributed by atoms with Crippen LogP contribution in [0.1, 0.15) is 80.3 Å². The molecule has 346 valence electrons. The predicted octanol–water partition coefficient (Wildman–Crippen LogP) is 4.43. The van der Waals surface area contributed by atoms with E-state index in [1.165, 1.54) is 11.6 Å². The maximum Gasteiger partial charge on any atom is 0.267 e. The standard InChI is InChI=1S/C33H40N4O6.C17H22N2O3/c38-28(29-21-43-29)17-9-3-8-15-24-30(39)35-25(19-22-11-4-1-5-12-22)31(40)36-26(20-23-13-6-2-7-14-23)33(42)37-18-10-16-27(37)32(41)34-24;1-12(5-10-16(20)18-22)11-13(2)17(21)14-6-8-15(9-7-14)19(3)4/h1-2,4-7,11-14,24-27,29H,3,8-10,15-21H2,(H,34,41)(H,35,39)(H,36,40);5-11,13,22H,1-4H3,(H,18,20)/b;10-5+,12-11+/t24-,25-,26-,27+,29+;13-/m01/s1. The van der Waals surface area contributed by atoms with Crippen LogP contribution in [0.5, 0.6) is 0 Å². The zero-order chi connectivity index (χ0) is 46.9. The van der Waals surface area contributed by atoms with Gasteiger partial charge in [0.25, 0.3) is 5.91 Å². The van der Waals surface area contributed by atoms with Gasteiger partial charge in [-0.25, -0.2) is 5.48 Å². The van der Waals surface area contributed by atoms with E-state index in [-0.39, 0.29) is 48.2 Å². The number of epoxide rings is 1. The number of ketones is 2. The molecule has 0 spiro atoms. The molecule has 3 aromatic rings. The summed E-state index contributed by atoms with van der Waals surface area (Å²) in [7, 11) is 3.89. The molecule has 3 aliphatic rings. The van der Waals surface area contributed by atoms with E-state index in [9.17, 15) is 33.6 Å². The smallest absolute Gasteiger partial charge is 0.267 e. The summed E-state index contributed by atoms with van der Waals surface area (Å²) in [5.74, 6) is -2.35. The number of unbranched alkanes of at least 4 members (excludes halogenated alkanes) is 2. The molecule has 5 amide bonds. The molecule has 3 heterocycles. The summed E-state index contributed by atoms with van der Waals surface area (Å²) in [5, 5.41) is 17.1. The van der Waals surface area contributed by atoms with Crippen molar-refractivity contribution < 1.29 is 43.5 Å². The Bertz CT molecular complexity index is 2170. The van der Waals surface area contributed by atoms with Gasteiger partial charge in [-0.3, -0.25) is 38.8 Å². The second-order valence-corrected chi connectivity index (χ2v) is 17.0. The van der Waals surface area contributed by atoms with E-state index in [2.05, 4.69) is 16.0 Å². The maximum atomic E-state index is 13.9.